The molecule has 0 spiro atoms. The monoisotopic (exact) mass is 733 g/mol. The maximum Gasteiger partial charge on any atom is 0.129 e. The smallest absolute Gasteiger partial charge is 0.129 e. The van der Waals surface area contributed by atoms with E-state index < -0.39 is 0 Å². The van der Waals surface area contributed by atoms with Crippen LogP contribution in [0.4, 0.5) is 0 Å². The Kier molecular flexibility index (Phi) is 13.5. The number of unbranched alkanes of at least 4 members (excludes halogenated alkanes) is 3. The van der Waals surface area contributed by atoms with Gasteiger partial charge in [0.2, 0.25) is 0 Å². The number of fused-ring (bicyclic) bond motifs is 6. The van der Waals surface area contributed by atoms with Gasteiger partial charge < -0.3 is 27.4 Å². The molecule has 6 nitrogen and oxygen atoms in total. The zero-order chi connectivity index (χ0) is 36.5. The SMILES string of the molecule is C.CCCCCC[N+]12CC[N+](CCCOc3ccc(C#Cc4ccc(C#Cc5ccc(OCCC[N+]67CC[N+](C)(CC6)CC7)cc5)cc4)cc3)(CC1)CC2. The van der Waals surface area contributed by atoms with Crippen molar-refractivity contribution in [2.45, 2.75) is 52.9 Å². The van der Waals surface area contributed by atoms with Crippen molar-refractivity contribution in [3.05, 3.63) is 95.1 Å². The van der Waals surface area contributed by atoms with Crippen LogP contribution in [0.2, 0.25) is 0 Å². The van der Waals surface area contributed by atoms with Gasteiger partial charge in [-0.15, -0.1) is 0 Å². The van der Waals surface area contributed by atoms with Gasteiger partial charge in [0.05, 0.1) is 39.9 Å². The van der Waals surface area contributed by atoms with Crippen LogP contribution in [0.15, 0.2) is 72.8 Å². The molecule has 6 aliphatic rings. The van der Waals surface area contributed by atoms with E-state index in [1.807, 2.05) is 36.4 Å². The number of nitrogens with zero attached hydrogens (tertiary/aromatic N) is 4. The van der Waals surface area contributed by atoms with Gasteiger partial charge in [0.25, 0.3) is 0 Å². The Labute approximate surface area is 328 Å². The summed E-state index contributed by atoms with van der Waals surface area (Å²) in [7, 11) is 2.43. The Balaban J connectivity index is 0.00000497. The number of hydrogen-bond acceptors (Lipinski definition) is 2. The largest absolute Gasteiger partial charge is 0.493 e. The third kappa shape index (κ3) is 10.5. The summed E-state index contributed by atoms with van der Waals surface area (Å²) in [6.45, 7) is 24.1. The zero-order valence-corrected chi connectivity index (χ0v) is 32.8. The molecule has 288 valence electrons. The fraction of sp³-hybridized carbons (Fsp3) is 0.542. The second kappa shape index (κ2) is 18.2. The van der Waals surface area contributed by atoms with Crippen LogP contribution in [0.5, 0.6) is 11.5 Å². The van der Waals surface area contributed by atoms with Crippen LogP contribution in [0, 0.1) is 23.7 Å². The van der Waals surface area contributed by atoms with E-state index in [1.165, 1.54) is 142 Å². The third-order valence-corrected chi connectivity index (χ3v) is 13.4. The lowest BCUT2D eigenvalue weighted by molar-refractivity contribution is -1.08. The van der Waals surface area contributed by atoms with E-state index in [2.05, 4.69) is 74.1 Å². The van der Waals surface area contributed by atoms with E-state index in [9.17, 15) is 0 Å². The van der Waals surface area contributed by atoms with Crippen LogP contribution in [0.25, 0.3) is 0 Å². The lowest BCUT2D eigenvalue weighted by atomic mass is 10.0. The van der Waals surface area contributed by atoms with Gasteiger partial charge in [-0.05, 0) is 85.6 Å². The Bertz CT molecular complexity index is 1710. The van der Waals surface area contributed by atoms with E-state index in [0.29, 0.717) is 0 Å². The van der Waals surface area contributed by atoms with Crippen molar-refractivity contribution in [2.24, 2.45) is 0 Å². The van der Waals surface area contributed by atoms with E-state index in [4.69, 9.17) is 9.47 Å². The summed E-state index contributed by atoms with van der Waals surface area (Å²) in [4.78, 5) is 0. The number of benzene rings is 3. The van der Waals surface area contributed by atoms with Gasteiger partial charge in [-0.1, -0.05) is 50.9 Å². The maximum atomic E-state index is 6.15. The molecule has 0 unspecified atom stereocenters. The molecule has 0 N–H and O–H groups in total. The van der Waals surface area contributed by atoms with E-state index in [0.717, 1.165) is 59.8 Å². The van der Waals surface area contributed by atoms with Gasteiger partial charge in [0, 0.05) is 35.1 Å². The molecule has 9 rings (SSSR count). The highest BCUT2D eigenvalue weighted by molar-refractivity contribution is 5.48. The molecular weight excluding hydrogens is 665 g/mol. The van der Waals surface area contributed by atoms with Crippen LogP contribution < -0.4 is 9.47 Å². The number of piperazine rings is 6. The summed E-state index contributed by atoms with van der Waals surface area (Å²) in [5.41, 5.74) is 3.95. The quantitative estimate of drug-likeness (QED) is 0.0937. The van der Waals surface area contributed by atoms with Gasteiger partial charge in [0.1, 0.15) is 90.0 Å². The first-order valence-electron chi connectivity index (χ1n) is 20.8. The first kappa shape index (κ1) is 39.9. The second-order valence-electron chi connectivity index (χ2n) is 17.1. The average Bonchev–Trinajstić information content (AvgIpc) is 3.21. The molecule has 6 saturated heterocycles. The summed E-state index contributed by atoms with van der Waals surface area (Å²) < 4.78 is 17.6. The molecule has 6 fully saturated rings. The van der Waals surface area contributed by atoms with Crippen LogP contribution in [0.1, 0.15) is 75.1 Å². The van der Waals surface area contributed by atoms with Gasteiger partial charge >= 0.3 is 0 Å². The Hall–Kier alpha value is -3.78. The average molecular weight is 733 g/mol. The molecule has 3 aromatic rings. The topological polar surface area (TPSA) is 18.5 Å². The van der Waals surface area contributed by atoms with Crippen molar-refractivity contribution in [1.82, 2.24) is 0 Å². The molecule has 6 aliphatic heterocycles. The molecule has 0 radical (unpaired) electrons. The Morgan fingerprint density at radius 3 is 1.09 bits per heavy atom. The zero-order valence-electron chi connectivity index (χ0n) is 32.8. The van der Waals surface area contributed by atoms with E-state index >= 15 is 0 Å². The first-order valence-corrected chi connectivity index (χ1v) is 20.8. The Morgan fingerprint density at radius 1 is 0.426 bits per heavy atom. The molecule has 0 saturated carbocycles. The highest BCUT2D eigenvalue weighted by atomic mass is 16.5. The number of hydrogen-bond donors (Lipinski definition) is 0. The Morgan fingerprint density at radius 2 is 0.741 bits per heavy atom. The minimum atomic E-state index is 0. The molecule has 0 aliphatic carbocycles. The van der Waals surface area contributed by atoms with E-state index in [1.54, 1.807) is 0 Å². The summed E-state index contributed by atoms with van der Waals surface area (Å²) in [6, 6.07) is 24.6. The molecule has 0 amide bonds. The minimum absolute atomic E-state index is 0. The molecule has 6 heterocycles. The molecule has 0 atom stereocenters. The maximum absolute atomic E-state index is 6.15. The van der Waals surface area contributed by atoms with Crippen molar-refractivity contribution >= 4 is 0 Å². The number of rotatable bonds is 15. The standard InChI is InChI=1S/C47H64N4O2.CH4/c1-3-4-5-6-25-49-34-37-51(38-35-49,39-36-49)27-8-41-53-47-23-19-45(20-24-47)16-14-43-11-9-42(10-12-43)13-15-44-17-21-46(22-18-44)52-40-7-26-50-31-28-48(2,29-32-50)30-33-50;/h9-12,17-24H,3-8,25-41H2,1-2H3;1H4/q+4;. The highest BCUT2D eigenvalue weighted by Gasteiger charge is 2.48. The molecule has 3 aromatic carbocycles. The predicted molar refractivity (Wildman–Crippen MR) is 222 cm³/mol. The molecule has 4 bridgehead atoms. The van der Waals surface area contributed by atoms with Crippen molar-refractivity contribution in [3.8, 4) is 35.2 Å². The molecule has 6 heteroatoms. The highest BCUT2D eigenvalue weighted by Crippen LogP contribution is 2.28. The van der Waals surface area contributed by atoms with E-state index in [-0.39, 0.29) is 7.43 Å². The van der Waals surface area contributed by atoms with Crippen molar-refractivity contribution in [2.75, 3.05) is 118 Å². The molecule has 0 aromatic heterocycles. The van der Waals surface area contributed by atoms with Crippen LogP contribution >= 0.6 is 0 Å². The van der Waals surface area contributed by atoms with Crippen molar-refractivity contribution < 1.29 is 27.4 Å². The third-order valence-electron chi connectivity index (χ3n) is 13.4. The molecular formula is C48H68N4O2+4. The van der Waals surface area contributed by atoms with Crippen molar-refractivity contribution in [3.63, 3.8) is 0 Å². The van der Waals surface area contributed by atoms with Crippen LogP contribution in [-0.4, -0.2) is 136 Å². The van der Waals surface area contributed by atoms with Crippen LogP contribution in [0.3, 0.4) is 0 Å². The van der Waals surface area contributed by atoms with Gasteiger partial charge in [0.15, 0.2) is 0 Å². The van der Waals surface area contributed by atoms with Gasteiger partial charge in [-0.2, -0.15) is 0 Å². The number of quaternary nitrogens is 4. The fourth-order valence-electron chi connectivity index (χ4n) is 9.23. The minimum Gasteiger partial charge on any atom is -0.493 e. The lowest BCUT2D eigenvalue weighted by Crippen LogP contribution is -2.75. The first-order chi connectivity index (χ1) is 25.9. The second-order valence-corrected chi connectivity index (χ2v) is 17.1. The summed E-state index contributed by atoms with van der Waals surface area (Å²) >= 11 is 0. The summed E-state index contributed by atoms with van der Waals surface area (Å²) in [5, 5.41) is 0. The van der Waals surface area contributed by atoms with Crippen molar-refractivity contribution in [1.29, 1.82) is 0 Å². The van der Waals surface area contributed by atoms with Gasteiger partial charge in [-0.25, -0.2) is 0 Å². The number of likely N-dealkylation sites (N-methyl/N-ethyl adjacent to an activating group) is 1. The number of ether oxygens (including phenoxy) is 2. The predicted octanol–water partition coefficient (Wildman–Crippen LogP) is 7.19. The summed E-state index contributed by atoms with van der Waals surface area (Å²) in [5.74, 6) is 15.1. The fourth-order valence-corrected chi connectivity index (χ4v) is 9.23. The molecule has 54 heavy (non-hydrogen) atoms. The van der Waals surface area contributed by atoms with Gasteiger partial charge in [-0.3, -0.25) is 0 Å². The summed E-state index contributed by atoms with van der Waals surface area (Å²) in [6.07, 6.45) is 7.81. The normalized spacial score (nSPS) is 26.5. The lowest BCUT2D eigenvalue weighted by Gasteiger charge is -2.55. The van der Waals surface area contributed by atoms with Crippen LogP contribution in [-0.2, 0) is 0 Å².